The lowest BCUT2D eigenvalue weighted by atomic mass is 10.1. The highest BCUT2D eigenvalue weighted by atomic mass is 32.2. The van der Waals surface area contributed by atoms with Gasteiger partial charge in [0.25, 0.3) is 10.1 Å². The van der Waals surface area contributed by atoms with Crippen LogP contribution in [-0.2, 0) is 10.1 Å². The summed E-state index contributed by atoms with van der Waals surface area (Å²) < 4.78 is 41.1. The van der Waals surface area contributed by atoms with E-state index in [0.717, 1.165) is 32.1 Å². The van der Waals surface area contributed by atoms with Crippen molar-refractivity contribution in [2.45, 2.75) is 64.2 Å². The molecular weight excluding hydrogens is 257 g/mol. The third-order valence-corrected chi connectivity index (χ3v) is 3.59. The third-order valence-electron chi connectivity index (χ3n) is 2.79. The summed E-state index contributed by atoms with van der Waals surface area (Å²) >= 11 is 0. The fraction of sp³-hybridized carbons (Fsp3) is 1.00. The molecule has 0 atom stereocenters. The van der Waals surface area contributed by atoms with Crippen molar-refractivity contribution >= 4 is 10.1 Å². The van der Waals surface area contributed by atoms with E-state index in [0.29, 0.717) is 12.8 Å². The van der Waals surface area contributed by atoms with Gasteiger partial charge < -0.3 is 6.15 Å². The van der Waals surface area contributed by atoms with Gasteiger partial charge in [0, 0.05) is 0 Å². The molecule has 0 heterocycles. The fourth-order valence-electron chi connectivity index (χ4n) is 1.79. The second kappa shape index (κ2) is 13.2. The molecule has 0 bridgehead atoms. The van der Waals surface area contributed by atoms with E-state index in [9.17, 15) is 12.8 Å². The van der Waals surface area contributed by atoms with Crippen molar-refractivity contribution in [3.63, 3.8) is 0 Å². The van der Waals surface area contributed by atoms with Crippen molar-refractivity contribution in [2.24, 2.45) is 0 Å². The molecule has 0 radical (unpaired) electrons. The summed E-state index contributed by atoms with van der Waals surface area (Å²) in [7, 11) is -3.76. The van der Waals surface area contributed by atoms with Crippen LogP contribution in [0, 0.1) is 0 Å². The average molecular weight is 285 g/mol. The SMILES string of the molecule is N.O=S(=O)(O)CCCCCCCCCCCCF. The largest absolute Gasteiger partial charge is 0.344 e. The molecule has 0 amide bonds. The second-order valence-corrected chi connectivity index (χ2v) is 6.08. The van der Waals surface area contributed by atoms with Gasteiger partial charge in [-0.05, 0) is 12.8 Å². The topological polar surface area (TPSA) is 89.4 Å². The summed E-state index contributed by atoms with van der Waals surface area (Å²) in [6, 6.07) is 0. The van der Waals surface area contributed by atoms with Crippen LogP contribution in [-0.4, -0.2) is 25.4 Å². The zero-order valence-corrected chi connectivity index (χ0v) is 12.1. The van der Waals surface area contributed by atoms with Crippen LogP contribution in [0.5, 0.6) is 0 Å². The first kappa shape index (κ1) is 20.1. The average Bonchev–Trinajstić information content (AvgIpc) is 2.24. The van der Waals surface area contributed by atoms with Crippen LogP contribution in [0.3, 0.4) is 0 Å². The molecule has 18 heavy (non-hydrogen) atoms. The van der Waals surface area contributed by atoms with Crippen molar-refractivity contribution in [1.82, 2.24) is 6.15 Å². The van der Waals surface area contributed by atoms with Crippen LogP contribution < -0.4 is 6.15 Å². The Bertz CT molecular complexity index is 258. The van der Waals surface area contributed by atoms with Crippen LogP contribution in [0.15, 0.2) is 0 Å². The van der Waals surface area contributed by atoms with E-state index >= 15 is 0 Å². The first-order valence-corrected chi connectivity index (χ1v) is 8.18. The molecule has 0 aromatic heterocycles. The Kier molecular flexibility index (Phi) is 14.8. The quantitative estimate of drug-likeness (QED) is 0.420. The molecular formula is C12H28FNO3S. The van der Waals surface area contributed by atoms with E-state index in [1.165, 1.54) is 19.3 Å². The molecule has 0 aliphatic carbocycles. The molecule has 0 aliphatic heterocycles. The predicted octanol–water partition coefficient (Wildman–Crippen LogP) is 3.91. The molecule has 0 saturated carbocycles. The van der Waals surface area contributed by atoms with Gasteiger partial charge in [-0.25, -0.2) is 0 Å². The highest BCUT2D eigenvalue weighted by molar-refractivity contribution is 7.85. The zero-order chi connectivity index (χ0) is 13.0. The Morgan fingerprint density at radius 1 is 0.722 bits per heavy atom. The summed E-state index contributed by atoms with van der Waals surface area (Å²) in [6.07, 6.45) is 9.88. The smallest absolute Gasteiger partial charge is 0.264 e. The Hall–Kier alpha value is -0.200. The predicted molar refractivity (Wildman–Crippen MR) is 73.6 cm³/mol. The first-order chi connectivity index (χ1) is 8.06. The lowest BCUT2D eigenvalue weighted by Gasteiger charge is -2.01. The second-order valence-electron chi connectivity index (χ2n) is 4.51. The normalized spacial score (nSPS) is 11.2. The van der Waals surface area contributed by atoms with Gasteiger partial charge in [0.05, 0.1) is 12.4 Å². The third kappa shape index (κ3) is 18.2. The van der Waals surface area contributed by atoms with Gasteiger partial charge in [-0.2, -0.15) is 8.42 Å². The number of hydrogen-bond donors (Lipinski definition) is 2. The van der Waals surface area contributed by atoms with Crippen LogP contribution >= 0.6 is 0 Å². The minimum atomic E-state index is -3.76. The van der Waals surface area contributed by atoms with E-state index < -0.39 is 10.1 Å². The van der Waals surface area contributed by atoms with E-state index in [-0.39, 0.29) is 18.6 Å². The molecule has 6 heteroatoms. The standard InChI is InChI=1S/C12H25FO3S.H3N/c13-11-9-7-5-3-1-2-4-6-8-10-12-17(14,15)16;/h1-12H2,(H,14,15,16);1H3. The molecule has 4 nitrogen and oxygen atoms in total. The monoisotopic (exact) mass is 285 g/mol. The minimum absolute atomic E-state index is 0. The lowest BCUT2D eigenvalue weighted by Crippen LogP contribution is -2.03. The van der Waals surface area contributed by atoms with Gasteiger partial charge in [-0.15, -0.1) is 0 Å². The molecule has 0 unspecified atom stereocenters. The molecule has 0 aliphatic rings. The summed E-state index contributed by atoms with van der Waals surface area (Å²) in [5, 5.41) is 0. The van der Waals surface area contributed by atoms with Gasteiger partial charge in [-0.1, -0.05) is 51.4 Å². The van der Waals surface area contributed by atoms with E-state index in [1.807, 2.05) is 0 Å². The van der Waals surface area contributed by atoms with Crippen molar-refractivity contribution in [3.05, 3.63) is 0 Å². The van der Waals surface area contributed by atoms with E-state index in [2.05, 4.69) is 0 Å². The Labute approximate surface area is 111 Å². The van der Waals surface area contributed by atoms with Gasteiger partial charge >= 0.3 is 0 Å². The number of unbranched alkanes of at least 4 members (excludes halogenated alkanes) is 9. The molecule has 4 N–H and O–H groups in total. The Morgan fingerprint density at radius 2 is 1.06 bits per heavy atom. The van der Waals surface area contributed by atoms with E-state index in [4.69, 9.17) is 4.55 Å². The fourth-order valence-corrected chi connectivity index (χ4v) is 2.36. The Balaban J connectivity index is 0. The van der Waals surface area contributed by atoms with Crippen molar-refractivity contribution in [2.75, 3.05) is 12.4 Å². The number of hydrogen-bond acceptors (Lipinski definition) is 3. The maximum atomic E-state index is 11.8. The van der Waals surface area contributed by atoms with Gasteiger partial charge in [0.1, 0.15) is 0 Å². The summed E-state index contributed by atoms with van der Waals surface area (Å²) in [4.78, 5) is 0. The molecule has 0 aromatic carbocycles. The maximum Gasteiger partial charge on any atom is 0.264 e. The van der Waals surface area contributed by atoms with Crippen LogP contribution in [0.2, 0.25) is 0 Å². The van der Waals surface area contributed by atoms with Gasteiger partial charge in [0.2, 0.25) is 0 Å². The zero-order valence-electron chi connectivity index (χ0n) is 11.2. The first-order valence-electron chi connectivity index (χ1n) is 6.57. The lowest BCUT2D eigenvalue weighted by molar-refractivity contribution is 0.449. The summed E-state index contributed by atoms with van der Waals surface area (Å²) in [5.74, 6) is -0.115. The highest BCUT2D eigenvalue weighted by Crippen LogP contribution is 2.10. The minimum Gasteiger partial charge on any atom is -0.344 e. The molecule has 0 saturated heterocycles. The summed E-state index contributed by atoms with van der Waals surface area (Å²) in [5.41, 5.74) is 0. The summed E-state index contributed by atoms with van der Waals surface area (Å²) in [6.45, 7) is -0.201. The maximum absolute atomic E-state index is 11.8. The number of alkyl halides is 1. The molecule has 0 fully saturated rings. The van der Waals surface area contributed by atoms with Gasteiger partial charge in [-0.3, -0.25) is 8.94 Å². The molecule has 0 rings (SSSR count). The molecule has 112 valence electrons. The Morgan fingerprint density at radius 3 is 1.39 bits per heavy atom. The number of rotatable bonds is 12. The number of halogens is 1. The molecule has 0 spiro atoms. The van der Waals surface area contributed by atoms with Crippen molar-refractivity contribution in [1.29, 1.82) is 0 Å². The highest BCUT2D eigenvalue weighted by Gasteiger charge is 2.02. The van der Waals surface area contributed by atoms with Crippen LogP contribution in [0.25, 0.3) is 0 Å². The van der Waals surface area contributed by atoms with Crippen LogP contribution in [0.4, 0.5) is 4.39 Å². The molecule has 0 aromatic rings. The van der Waals surface area contributed by atoms with Crippen molar-refractivity contribution < 1.29 is 17.4 Å². The van der Waals surface area contributed by atoms with Crippen molar-refractivity contribution in [3.8, 4) is 0 Å². The van der Waals surface area contributed by atoms with Gasteiger partial charge in [0.15, 0.2) is 0 Å². The van der Waals surface area contributed by atoms with Crippen LogP contribution in [0.1, 0.15) is 64.2 Å². The van der Waals surface area contributed by atoms with E-state index in [1.54, 1.807) is 0 Å².